The van der Waals surface area contributed by atoms with Gasteiger partial charge in [-0.05, 0) is 30.5 Å². The van der Waals surface area contributed by atoms with Gasteiger partial charge in [-0.1, -0.05) is 30.3 Å². The lowest BCUT2D eigenvalue weighted by Crippen LogP contribution is -2.52. The molecular weight excluding hydrogens is 417 g/mol. The SMILES string of the molecule is CCOC(=O)[C@@](C/C=C/c1cccs1)(N=C1C(=O)N(C)c2ccccc21)C(F)(F)F. The van der Waals surface area contributed by atoms with E-state index in [2.05, 4.69) is 4.99 Å². The fourth-order valence-electron chi connectivity index (χ4n) is 3.10. The molecule has 3 rings (SSSR count). The summed E-state index contributed by atoms with van der Waals surface area (Å²) >= 11 is 1.34. The molecule has 1 atom stereocenters. The number of benzene rings is 1. The molecule has 1 aromatic heterocycles. The van der Waals surface area contributed by atoms with Crippen molar-refractivity contribution in [1.82, 2.24) is 0 Å². The van der Waals surface area contributed by atoms with Gasteiger partial charge in [0, 0.05) is 23.9 Å². The first kappa shape index (κ1) is 21.8. The summed E-state index contributed by atoms with van der Waals surface area (Å²) in [5.74, 6) is -2.25. The molecular formula is C21H19F3N2O3S. The number of fused-ring (bicyclic) bond motifs is 1. The Morgan fingerprint density at radius 3 is 2.60 bits per heavy atom. The smallest absolute Gasteiger partial charge is 0.424 e. The highest BCUT2D eigenvalue weighted by molar-refractivity contribution is 7.10. The van der Waals surface area contributed by atoms with Crippen LogP contribution >= 0.6 is 11.3 Å². The van der Waals surface area contributed by atoms with Crippen molar-refractivity contribution in [1.29, 1.82) is 0 Å². The number of aliphatic imine (C=N–C) groups is 1. The second kappa shape index (κ2) is 8.43. The Bertz CT molecular complexity index is 999. The minimum atomic E-state index is -5.08. The number of para-hydroxylation sites is 1. The highest BCUT2D eigenvalue weighted by atomic mass is 32.1. The summed E-state index contributed by atoms with van der Waals surface area (Å²) in [6.45, 7) is 1.16. The van der Waals surface area contributed by atoms with Crippen molar-refractivity contribution >= 4 is 40.7 Å². The monoisotopic (exact) mass is 436 g/mol. The van der Waals surface area contributed by atoms with Gasteiger partial charge in [0.25, 0.3) is 11.4 Å². The third-order valence-corrected chi connectivity index (χ3v) is 5.49. The Kier molecular flexibility index (Phi) is 6.12. The topological polar surface area (TPSA) is 59.0 Å². The van der Waals surface area contributed by atoms with E-state index < -0.39 is 35.7 Å². The molecule has 0 fully saturated rings. The summed E-state index contributed by atoms with van der Waals surface area (Å²) in [6.07, 6.45) is -3.16. The fourth-order valence-corrected chi connectivity index (χ4v) is 3.75. The summed E-state index contributed by atoms with van der Waals surface area (Å²) in [6, 6.07) is 9.86. The van der Waals surface area contributed by atoms with E-state index >= 15 is 0 Å². The third kappa shape index (κ3) is 3.89. The summed E-state index contributed by atoms with van der Waals surface area (Å²) in [4.78, 5) is 31.0. The van der Waals surface area contributed by atoms with E-state index in [1.54, 1.807) is 35.7 Å². The molecule has 1 amide bonds. The predicted molar refractivity (Wildman–Crippen MR) is 110 cm³/mol. The number of esters is 1. The first-order chi connectivity index (χ1) is 14.2. The Labute approximate surface area is 175 Å². The number of anilines is 1. The number of ether oxygens (including phenoxy) is 1. The maximum Gasteiger partial charge on any atom is 0.424 e. The predicted octanol–water partition coefficient (Wildman–Crippen LogP) is 4.48. The van der Waals surface area contributed by atoms with Crippen LogP contribution in [-0.4, -0.2) is 43.0 Å². The maximum atomic E-state index is 14.3. The number of alkyl halides is 3. The van der Waals surface area contributed by atoms with Crippen molar-refractivity contribution < 1.29 is 27.5 Å². The summed E-state index contributed by atoms with van der Waals surface area (Å²) in [5.41, 5.74) is -2.98. The van der Waals surface area contributed by atoms with E-state index in [4.69, 9.17) is 4.74 Å². The van der Waals surface area contributed by atoms with Crippen molar-refractivity contribution in [2.24, 2.45) is 4.99 Å². The molecule has 0 N–H and O–H groups in total. The molecule has 0 bridgehead atoms. The first-order valence-corrected chi connectivity index (χ1v) is 10.0. The van der Waals surface area contributed by atoms with Crippen molar-refractivity contribution in [2.45, 2.75) is 25.1 Å². The van der Waals surface area contributed by atoms with Crippen LogP contribution in [0.2, 0.25) is 0 Å². The van der Waals surface area contributed by atoms with Crippen molar-refractivity contribution in [3.8, 4) is 0 Å². The third-order valence-electron chi connectivity index (χ3n) is 4.65. The molecule has 0 aliphatic carbocycles. The second-order valence-corrected chi connectivity index (χ2v) is 7.52. The molecule has 1 aliphatic heterocycles. The molecule has 9 heteroatoms. The highest BCUT2D eigenvalue weighted by Crippen LogP contribution is 2.40. The fraction of sp³-hybridized carbons (Fsp3) is 0.286. The lowest BCUT2D eigenvalue weighted by atomic mass is 9.93. The Morgan fingerprint density at radius 2 is 1.97 bits per heavy atom. The van der Waals surface area contributed by atoms with Gasteiger partial charge in [0.2, 0.25) is 0 Å². The number of carbonyl (C=O) groups is 2. The van der Waals surface area contributed by atoms with E-state index in [9.17, 15) is 22.8 Å². The van der Waals surface area contributed by atoms with Gasteiger partial charge in [0.1, 0.15) is 5.71 Å². The van der Waals surface area contributed by atoms with Crippen LogP contribution in [0.15, 0.2) is 52.8 Å². The molecule has 30 heavy (non-hydrogen) atoms. The lowest BCUT2D eigenvalue weighted by molar-refractivity contribution is -0.204. The number of rotatable bonds is 6. The van der Waals surface area contributed by atoms with Crippen LogP contribution in [0.1, 0.15) is 23.8 Å². The summed E-state index contributed by atoms with van der Waals surface area (Å²) in [5, 5.41) is 1.78. The van der Waals surface area contributed by atoms with E-state index in [1.165, 1.54) is 48.4 Å². The van der Waals surface area contributed by atoms with Gasteiger partial charge in [0.05, 0.1) is 12.3 Å². The number of hydrogen-bond acceptors (Lipinski definition) is 5. The van der Waals surface area contributed by atoms with Gasteiger partial charge in [-0.3, -0.25) is 9.79 Å². The Hall–Kier alpha value is -2.94. The minimum absolute atomic E-state index is 0.241. The normalized spacial score (nSPS) is 17.4. The van der Waals surface area contributed by atoms with Crippen LogP contribution in [0, 0.1) is 0 Å². The van der Waals surface area contributed by atoms with E-state index in [1.807, 2.05) is 0 Å². The lowest BCUT2D eigenvalue weighted by Gasteiger charge is -2.29. The molecule has 1 aromatic carbocycles. The van der Waals surface area contributed by atoms with Gasteiger partial charge in [-0.2, -0.15) is 13.2 Å². The molecule has 0 unspecified atom stereocenters. The number of thiophene rings is 1. The number of likely N-dealkylation sites (N-methyl/N-ethyl adjacent to an activating group) is 1. The molecule has 0 saturated carbocycles. The summed E-state index contributed by atoms with van der Waals surface area (Å²) < 4.78 is 47.7. The average molecular weight is 436 g/mol. The van der Waals surface area contributed by atoms with Gasteiger partial charge in [-0.25, -0.2) is 4.79 Å². The van der Waals surface area contributed by atoms with Crippen LogP contribution in [0.5, 0.6) is 0 Å². The molecule has 158 valence electrons. The van der Waals surface area contributed by atoms with Crippen LogP contribution in [0.3, 0.4) is 0 Å². The zero-order chi connectivity index (χ0) is 21.9. The number of halogens is 3. The molecule has 1 aliphatic rings. The number of hydrogen-bond donors (Lipinski definition) is 0. The second-order valence-electron chi connectivity index (χ2n) is 6.54. The number of amides is 1. The zero-order valence-corrected chi connectivity index (χ0v) is 17.1. The van der Waals surface area contributed by atoms with Gasteiger partial charge in [-0.15, -0.1) is 11.3 Å². The van der Waals surface area contributed by atoms with Gasteiger partial charge < -0.3 is 9.64 Å². The standard InChI is InChI=1S/C21H19F3N2O3S/c1-3-29-19(28)20(21(22,23)24,12-6-8-14-9-7-13-30-14)25-17-15-10-4-5-11-16(15)26(2)18(17)27/h4-11,13H,3,12H2,1-2H3/b8-6+,25-17?/t20-/m1/s1. The molecule has 2 heterocycles. The number of nitrogens with zero attached hydrogens (tertiary/aromatic N) is 2. The number of carbonyl (C=O) groups excluding carboxylic acids is 2. The van der Waals surface area contributed by atoms with Crippen LogP contribution in [0.25, 0.3) is 6.08 Å². The van der Waals surface area contributed by atoms with Gasteiger partial charge >= 0.3 is 12.1 Å². The van der Waals surface area contributed by atoms with E-state index in [-0.39, 0.29) is 12.2 Å². The van der Waals surface area contributed by atoms with E-state index in [0.717, 1.165) is 4.88 Å². The van der Waals surface area contributed by atoms with Crippen molar-refractivity contribution in [3.63, 3.8) is 0 Å². The van der Waals surface area contributed by atoms with Gasteiger partial charge in [0.15, 0.2) is 0 Å². The minimum Gasteiger partial charge on any atom is -0.464 e. The molecule has 2 aromatic rings. The van der Waals surface area contributed by atoms with Crippen LogP contribution in [-0.2, 0) is 14.3 Å². The van der Waals surface area contributed by atoms with E-state index in [0.29, 0.717) is 5.69 Å². The first-order valence-electron chi connectivity index (χ1n) is 9.12. The van der Waals surface area contributed by atoms with Crippen LogP contribution < -0.4 is 4.90 Å². The van der Waals surface area contributed by atoms with Crippen molar-refractivity contribution in [2.75, 3.05) is 18.6 Å². The maximum absolute atomic E-state index is 14.3. The molecule has 0 saturated heterocycles. The largest absolute Gasteiger partial charge is 0.464 e. The molecule has 0 radical (unpaired) electrons. The van der Waals surface area contributed by atoms with Crippen molar-refractivity contribution in [3.05, 3.63) is 58.3 Å². The summed E-state index contributed by atoms with van der Waals surface area (Å²) in [7, 11) is 1.44. The zero-order valence-electron chi connectivity index (χ0n) is 16.3. The molecule has 5 nitrogen and oxygen atoms in total. The Balaban J connectivity index is 2.14. The molecule has 0 spiro atoms. The highest BCUT2D eigenvalue weighted by Gasteiger charge is 2.62. The average Bonchev–Trinajstić information content (AvgIpc) is 3.29. The van der Waals surface area contributed by atoms with Crippen LogP contribution in [0.4, 0.5) is 18.9 Å². The Morgan fingerprint density at radius 1 is 1.23 bits per heavy atom. The quantitative estimate of drug-likeness (QED) is 0.628.